The predicted octanol–water partition coefficient (Wildman–Crippen LogP) is 4.85. The zero-order valence-corrected chi connectivity index (χ0v) is 12.5. The molecule has 0 saturated carbocycles. The summed E-state index contributed by atoms with van der Waals surface area (Å²) >= 11 is 3.72. The van der Waals surface area contributed by atoms with Crippen LogP contribution in [0.2, 0.25) is 0 Å². The van der Waals surface area contributed by atoms with E-state index < -0.39 is 0 Å². The highest BCUT2D eigenvalue weighted by Gasteiger charge is 2.14. The second kappa shape index (κ2) is 5.15. The lowest BCUT2D eigenvalue weighted by molar-refractivity contribution is 1.11. The Bertz CT molecular complexity index is 732. The Kier molecular flexibility index (Phi) is 3.17. The first kappa shape index (κ1) is 12.3. The number of hydrogen-bond donors (Lipinski definition) is 0. The standard InChI is InChI=1S/C17H13NS2/c1-2-6-16-12(4-1)8-15(11-20-16)14-9-13-5-3-7-19-17(13)18-10-14/h1-6,8-10H,7,11H2. The van der Waals surface area contributed by atoms with Crippen molar-refractivity contribution in [2.75, 3.05) is 11.5 Å². The molecule has 1 nitrogen and oxygen atoms in total. The Morgan fingerprint density at radius 3 is 3.00 bits per heavy atom. The molecule has 0 spiro atoms. The normalized spacial score (nSPS) is 16.3. The van der Waals surface area contributed by atoms with E-state index in [9.17, 15) is 0 Å². The van der Waals surface area contributed by atoms with Crippen molar-refractivity contribution >= 4 is 41.2 Å². The average molecular weight is 295 g/mol. The van der Waals surface area contributed by atoms with Crippen LogP contribution in [-0.2, 0) is 0 Å². The van der Waals surface area contributed by atoms with Crippen LogP contribution in [0.4, 0.5) is 0 Å². The van der Waals surface area contributed by atoms with Gasteiger partial charge in [0, 0.05) is 28.2 Å². The summed E-state index contributed by atoms with van der Waals surface area (Å²) in [4.78, 5) is 5.98. The number of rotatable bonds is 1. The molecule has 98 valence electrons. The van der Waals surface area contributed by atoms with Crippen LogP contribution >= 0.6 is 23.5 Å². The van der Waals surface area contributed by atoms with E-state index >= 15 is 0 Å². The summed E-state index contributed by atoms with van der Waals surface area (Å²) in [5.74, 6) is 2.06. The van der Waals surface area contributed by atoms with Crippen molar-refractivity contribution in [1.29, 1.82) is 0 Å². The summed E-state index contributed by atoms with van der Waals surface area (Å²) < 4.78 is 0. The lowest BCUT2D eigenvalue weighted by atomic mass is 10.0. The van der Waals surface area contributed by atoms with Gasteiger partial charge in [-0.25, -0.2) is 4.98 Å². The third-order valence-electron chi connectivity index (χ3n) is 3.50. The van der Waals surface area contributed by atoms with E-state index in [0.29, 0.717) is 0 Å². The monoisotopic (exact) mass is 295 g/mol. The van der Waals surface area contributed by atoms with Crippen molar-refractivity contribution in [3.8, 4) is 0 Å². The molecule has 2 aliphatic rings. The second-order valence-electron chi connectivity index (χ2n) is 4.83. The van der Waals surface area contributed by atoms with Gasteiger partial charge < -0.3 is 0 Å². The maximum absolute atomic E-state index is 4.61. The molecule has 3 heterocycles. The molecule has 0 radical (unpaired) electrons. The van der Waals surface area contributed by atoms with Gasteiger partial charge in [0.05, 0.1) is 0 Å². The number of thioether (sulfide) groups is 2. The van der Waals surface area contributed by atoms with Crippen LogP contribution < -0.4 is 0 Å². The van der Waals surface area contributed by atoms with Gasteiger partial charge in [0.2, 0.25) is 0 Å². The Hall–Kier alpha value is -1.45. The van der Waals surface area contributed by atoms with Crippen molar-refractivity contribution < 1.29 is 0 Å². The zero-order chi connectivity index (χ0) is 13.4. The lowest BCUT2D eigenvalue weighted by Crippen LogP contribution is -1.99. The van der Waals surface area contributed by atoms with E-state index in [1.54, 1.807) is 0 Å². The van der Waals surface area contributed by atoms with Gasteiger partial charge in [-0.05, 0) is 34.9 Å². The molecule has 2 aromatic rings. The van der Waals surface area contributed by atoms with Crippen LogP contribution in [0.15, 0.2) is 52.5 Å². The topological polar surface area (TPSA) is 12.9 Å². The van der Waals surface area contributed by atoms with Crippen LogP contribution in [0.3, 0.4) is 0 Å². The molecule has 1 aromatic carbocycles. The number of pyridine rings is 1. The fraction of sp³-hybridized carbons (Fsp3) is 0.118. The number of fused-ring (bicyclic) bond motifs is 2. The fourth-order valence-electron chi connectivity index (χ4n) is 2.47. The number of aromatic nitrogens is 1. The van der Waals surface area contributed by atoms with Gasteiger partial charge in [0.1, 0.15) is 5.03 Å². The highest BCUT2D eigenvalue weighted by molar-refractivity contribution is 8.00. The van der Waals surface area contributed by atoms with Crippen LogP contribution in [0.1, 0.15) is 16.7 Å². The van der Waals surface area contributed by atoms with Gasteiger partial charge in [-0.3, -0.25) is 0 Å². The molecule has 0 aliphatic carbocycles. The zero-order valence-electron chi connectivity index (χ0n) is 10.9. The lowest BCUT2D eigenvalue weighted by Gasteiger charge is -2.17. The molecule has 3 heteroatoms. The Morgan fingerprint density at radius 2 is 2.00 bits per heavy atom. The van der Waals surface area contributed by atoms with Crippen molar-refractivity contribution in [2.24, 2.45) is 0 Å². The van der Waals surface area contributed by atoms with E-state index in [2.05, 4.69) is 53.5 Å². The first-order chi connectivity index (χ1) is 9.90. The van der Waals surface area contributed by atoms with Crippen LogP contribution in [0.5, 0.6) is 0 Å². The van der Waals surface area contributed by atoms with E-state index in [4.69, 9.17) is 0 Å². The van der Waals surface area contributed by atoms with Crippen molar-refractivity contribution in [3.63, 3.8) is 0 Å². The van der Waals surface area contributed by atoms with Gasteiger partial charge in [0.25, 0.3) is 0 Å². The van der Waals surface area contributed by atoms with Crippen LogP contribution in [0.25, 0.3) is 17.7 Å². The van der Waals surface area contributed by atoms with Crippen LogP contribution in [0, 0.1) is 0 Å². The van der Waals surface area contributed by atoms with Crippen molar-refractivity contribution in [2.45, 2.75) is 9.92 Å². The minimum absolute atomic E-state index is 1.02. The highest BCUT2D eigenvalue weighted by atomic mass is 32.2. The maximum atomic E-state index is 4.61. The molecule has 2 aliphatic heterocycles. The molecule has 0 N–H and O–H groups in total. The molecule has 0 unspecified atom stereocenters. The van der Waals surface area contributed by atoms with E-state index in [0.717, 1.165) is 16.5 Å². The van der Waals surface area contributed by atoms with Gasteiger partial charge >= 0.3 is 0 Å². The molecule has 0 amide bonds. The van der Waals surface area contributed by atoms with Gasteiger partial charge in [-0.15, -0.1) is 23.5 Å². The summed E-state index contributed by atoms with van der Waals surface area (Å²) in [7, 11) is 0. The third-order valence-corrected chi connectivity index (χ3v) is 5.61. The predicted molar refractivity (Wildman–Crippen MR) is 89.0 cm³/mol. The molecule has 0 bridgehead atoms. The number of benzene rings is 1. The minimum atomic E-state index is 1.02. The highest BCUT2D eigenvalue weighted by Crippen LogP contribution is 2.36. The van der Waals surface area contributed by atoms with Crippen molar-refractivity contribution in [1.82, 2.24) is 4.98 Å². The largest absolute Gasteiger partial charge is 0.249 e. The second-order valence-corrected chi connectivity index (χ2v) is 6.85. The van der Waals surface area contributed by atoms with E-state index in [1.807, 2.05) is 29.7 Å². The van der Waals surface area contributed by atoms with E-state index in [-0.39, 0.29) is 0 Å². The Morgan fingerprint density at radius 1 is 1.05 bits per heavy atom. The van der Waals surface area contributed by atoms with E-state index in [1.165, 1.54) is 27.2 Å². The number of hydrogen-bond acceptors (Lipinski definition) is 3. The van der Waals surface area contributed by atoms with Crippen molar-refractivity contribution in [3.05, 3.63) is 59.3 Å². The molecule has 1 aromatic heterocycles. The first-order valence-corrected chi connectivity index (χ1v) is 8.59. The smallest absolute Gasteiger partial charge is 0.104 e. The van der Waals surface area contributed by atoms with Gasteiger partial charge in [-0.2, -0.15) is 0 Å². The van der Waals surface area contributed by atoms with Gasteiger partial charge in [0.15, 0.2) is 0 Å². The fourth-order valence-corrected chi connectivity index (χ4v) is 4.27. The summed E-state index contributed by atoms with van der Waals surface area (Å²) in [5, 5.41) is 1.15. The Balaban J connectivity index is 1.76. The molecule has 4 rings (SSSR count). The summed E-state index contributed by atoms with van der Waals surface area (Å²) in [6.07, 6.45) is 8.71. The molecule has 20 heavy (non-hydrogen) atoms. The first-order valence-electron chi connectivity index (χ1n) is 6.62. The average Bonchev–Trinajstić information content (AvgIpc) is 2.54. The molecule has 0 fully saturated rings. The minimum Gasteiger partial charge on any atom is -0.249 e. The summed E-state index contributed by atoms with van der Waals surface area (Å²) in [5.41, 5.74) is 5.19. The maximum Gasteiger partial charge on any atom is 0.104 e. The Labute approximate surface area is 127 Å². The quantitative estimate of drug-likeness (QED) is 0.746. The molecule has 0 saturated heterocycles. The molecule has 0 atom stereocenters. The van der Waals surface area contributed by atoms with Gasteiger partial charge in [-0.1, -0.05) is 30.4 Å². The summed E-state index contributed by atoms with van der Waals surface area (Å²) in [6, 6.07) is 10.8. The number of nitrogens with zero attached hydrogens (tertiary/aromatic N) is 1. The SMILES string of the molecule is C1=Cc2cc(C3=Cc4ccccc4SC3)cnc2SC1. The molecular weight excluding hydrogens is 282 g/mol. The van der Waals surface area contributed by atoms with Crippen LogP contribution in [-0.4, -0.2) is 16.5 Å². The molecular formula is C17H13NS2. The summed E-state index contributed by atoms with van der Waals surface area (Å²) in [6.45, 7) is 0. The third kappa shape index (κ3) is 2.21.